The molecule has 0 radical (unpaired) electrons. The highest BCUT2D eigenvalue weighted by atomic mass is 14.5. The van der Waals surface area contributed by atoms with Crippen LogP contribution in [0.25, 0.3) is 0 Å². The van der Waals surface area contributed by atoms with Gasteiger partial charge < -0.3 is 0 Å². The number of hydrogen-bond donors (Lipinski definition) is 0. The van der Waals surface area contributed by atoms with Gasteiger partial charge in [-0.3, -0.25) is 0 Å². The second-order valence-corrected chi connectivity index (χ2v) is 7.91. The summed E-state index contributed by atoms with van der Waals surface area (Å²) in [6.45, 7) is 2.67. The smallest absolute Gasteiger partial charge is 0.0292 e. The topological polar surface area (TPSA) is 0 Å². The molecule has 3 unspecified atom stereocenters. The van der Waals surface area contributed by atoms with Crippen molar-refractivity contribution in [3.05, 3.63) is 0 Å². The standard InChI is InChI=1S/C18H32/c1-18(14-15-8-3-2-4-9-15)13-7-11-16-10-5-6-12-17(16)18/h15-17H,2-14H2,1H3. The van der Waals surface area contributed by atoms with Crippen LogP contribution in [0.5, 0.6) is 0 Å². The zero-order valence-corrected chi connectivity index (χ0v) is 12.4. The van der Waals surface area contributed by atoms with Crippen molar-refractivity contribution in [3.8, 4) is 0 Å². The Morgan fingerprint density at radius 2 is 1.44 bits per heavy atom. The second-order valence-electron chi connectivity index (χ2n) is 7.91. The highest BCUT2D eigenvalue weighted by Crippen LogP contribution is 2.54. The third-order valence-corrected chi connectivity index (χ3v) is 6.61. The van der Waals surface area contributed by atoms with Gasteiger partial charge >= 0.3 is 0 Å². The van der Waals surface area contributed by atoms with Crippen LogP contribution in [0, 0.1) is 23.2 Å². The van der Waals surface area contributed by atoms with E-state index in [1.54, 1.807) is 44.9 Å². The molecule has 3 fully saturated rings. The third-order valence-electron chi connectivity index (χ3n) is 6.61. The molecule has 0 aromatic carbocycles. The molecule has 3 aliphatic rings. The maximum atomic E-state index is 2.67. The van der Waals surface area contributed by atoms with Gasteiger partial charge in [0.15, 0.2) is 0 Å². The summed E-state index contributed by atoms with van der Waals surface area (Å²) < 4.78 is 0. The van der Waals surface area contributed by atoms with Gasteiger partial charge in [-0.05, 0) is 42.4 Å². The van der Waals surface area contributed by atoms with Gasteiger partial charge in [0.1, 0.15) is 0 Å². The lowest BCUT2D eigenvalue weighted by Crippen LogP contribution is -2.40. The van der Waals surface area contributed by atoms with Gasteiger partial charge in [0, 0.05) is 0 Å². The molecule has 3 aliphatic carbocycles. The summed E-state index contributed by atoms with van der Waals surface area (Å²) in [6.07, 6.45) is 20.1. The summed E-state index contributed by atoms with van der Waals surface area (Å²) in [4.78, 5) is 0. The average molecular weight is 248 g/mol. The van der Waals surface area contributed by atoms with E-state index >= 15 is 0 Å². The molecule has 0 bridgehead atoms. The Hall–Kier alpha value is 0. The molecule has 104 valence electrons. The molecule has 18 heavy (non-hydrogen) atoms. The van der Waals surface area contributed by atoms with Crippen LogP contribution >= 0.6 is 0 Å². The Morgan fingerprint density at radius 1 is 0.778 bits per heavy atom. The first-order valence-electron chi connectivity index (χ1n) is 8.78. The Labute approximate surface area is 114 Å². The molecule has 0 spiro atoms. The van der Waals surface area contributed by atoms with Crippen molar-refractivity contribution in [2.75, 3.05) is 0 Å². The zero-order valence-electron chi connectivity index (χ0n) is 12.4. The summed E-state index contributed by atoms with van der Waals surface area (Å²) in [5.74, 6) is 3.30. The van der Waals surface area contributed by atoms with Crippen molar-refractivity contribution in [2.45, 2.75) is 90.4 Å². The van der Waals surface area contributed by atoms with Gasteiger partial charge in [-0.25, -0.2) is 0 Å². The van der Waals surface area contributed by atoms with Gasteiger partial charge in [0.25, 0.3) is 0 Å². The van der Waals surface area contributed by atoms with E-state index < -0.39 is 0 Å². The predicted molar refractivity (Wildman–Crippen MR) is 78.6 cm³/mol. The molecule has 0 aliphatic heterocycles. The van der Waals surface area contributed by atoms with Gasteiger partial charge in [0.2, 0.25) is 0 Å². The SMILES string of the molecule is CC1(CC2CCCCC2)CCCC2CCCCC21. The normalized spacial score (nSPS) is 42.5. The first kappa shape index (κ1) is 13.0. The highest BCUT2D eigenvalue weighted by Gasteiger charge is 2.43. The van der Waals surface area contributed by atoms with Gasteiger partial charge in [-0.15, -0.1) is 0 Å². The van der Waals surface area contributed by atoms with Crippen molar-refractivity contribution in [1.82, 2.24) is 0 Å². The van der Waals surface area contributed by atoms with Gasteiger partial charge in [-0.2, -0.15) is 0 Å². The molecule has 0 heterocycles. The van der Waals surface area contributed by atoms with E-state index in [4.69, 9.17) is 0 Å². The minimum Gasteiger partial charge on any atom is -0.0594 e. The maximum Gasteiger partial charge on any atom is -0.0292 e. The van der Waals surface area contributed by atoms with E-state index in [0.717, 1.165) is 23.2 Å². The Balaban J connectivity index is 1.66. The quantitative estimate of drug-likeness (QED) is 0.566. The van der Waals surface area contributed by atoms with Crippen molar-refractivity contribution in [2.24, 2.45) is 23.2 Å². The van der Waals surface area contributed by atoms with Crippen LogP contribution in [-0.2, 0) is 0 Å². The monoisotopic (exact) mass is 248 g/mol. The molecule has 3 atom stereocenters. The molecule has 3 rings (SSSR count). The van der Waals surface area contributed by atoms with E-state index in [-0.39, 0.29) is 0 Å². The van der Waals surface area contributed by atoms with E-state index in [1.165, 1.54) is 38.5 Å². The largest absolute Gasteiger partial charge is 0.0594 e. The Kier molecular flexibility index (Phi) is 4.01. The molecular formula is C18H32. The van der Waals surface area contributed by atoms with Crippen molar-refractivity contribution in [3.63, 3.8) is 0 Å². The van der Waals surface area contributed by atoms with Crippen molar-refractivity contribution >= 4 is 0 Å². The van der Waals surface area contributed by atoms with Crippen molar-refractivity contribution in [1.29, 1.82) is 0 Å². The fourth-order valence-electron chi connectivity index (χ4n) is 5.73. The third kappa shape index (κ3) is 2.63. The minimum absolute atomic E-state index is 0.728. The number of rotatable bonds is 2. The highest BCUT2D eigenvalue weighted by molar-refractivity contribution is 4.94. The van der Waals surface area contributed by atoms with E-state index in [0.29, 0.717) is 0 Å². The van der Waals surface area contributed by atoms with Crippen LogP contribution in [-0.4, -0.2) is 0 Å². The number of hydrogen-bond acceptors (Lipinski definition) is 0. The van der Waals surface area contributed by atoms with Crippen molar-refractivity contribution < 1.29 is 0 Å². The number of fused-ring (bicyclic) bond motifs is 1. The van der Waals surface area contributed by atoms with E-state index in [9.17, 15) is 0 Å². The molecule has 0 aromatic rings. The Morgan fingerprint density at radius 3 is 2.28 bits per heavy atom. The Bertz CT molecular complexity index is 261. The molecule has 0 N–H and O–H groups in total. The van der Waals surface area contributed by atoms with Crippen LogP contribution in [0.3, 0.4) is 0 Å². The molecule has 3 saturated carbocycles. The average Bonchev–Trinajstić information content (AvgIpc) is 2.40. The summed E-state index contributed by atoms with van der Waals surface area (Å²) >= 11 is 0. The molecule has 0 amide bonds. The van der Waals surface area contributed by atoms with Crippen LogP contribution < -0.4 is 0 Å². The fraction of sp³-hybridized carbons (Fsp3) is 1.00. The van der Waals surface area contributed by atoms with E-state index in [2.05, 4.69) is 6.92 Å². The molecule has 0 heteroatoms. The zero-order chi connectivity index (χ0) is 12.4. The lowest BCUT2D eigenvalue weighted by Gasteiger charge is -2.50. The molecular weight excluding hydrogens is 216 g/mol. The minimum atomic E-state index is 0.728. The molecule has 0 saturated heterocycles. The second kappa shape index (κ2) is 5.55. The van der Waals surface area contributed by atoms with E-state index in [1.807, 2.05) is 0 Å². The van der Waals surface area contributed by atoms with Crippen LogP contribution in [0.15, 0.2) is 0 Å². The molecule has 0 nitrogen and oxygen atoms in total. The summed E-state index contributed by atoms with van der Waals surface area (Å²) in [6, 6.07) is 0. The summed E-state index contributed by atoms with van der Waals surface area (Å²) in [5.41, 5.74) is 0.728. The maximum absolute atomic E-state index is 2.67. The molecule has 0 aromatic heterocycles. The first-order chi connectivity index (χ1) is 8.78. The van der Waals surface area contributed by atoms with Gasteiger partial charge in [-0.1, -0.05) is 71.1 Å². The van der Waals surface area contributed by atoms with Crippen LogP contribution in [0.4, 0.5) is 0 Å². The summed E-state index contributed by atoms with van der Waals surface area (Å²) in [5, 5.41) is 0. The van der Waals surface area contributed by atoms with Crippen LogP contribution in [0.2, 0.25) is 0 Å². The van der Waals surface area contributed by atoms with Gasteiger partial charge in [0.05, 0.1) is 0 Å². The lowest BCUT2D eigenvalue weighted by molar-refractivity contribution is 0.00233. The summed E-state index contributed by atoms with van der Waals surface area (Å²) in [7, 11) is 0. The fourth-order valence-corrected chi connectivity index (χ4v) is 5.73. The first-order valence-corrected chi connectivity index (χ1v) is 8.78. The predicted octanol–water partition coefficient (Wildman–Crippen LogP) is 5.95. The lowest BCUT2D eigenvalue weighted by atomic mass is 9.55. The van der Waals surface area contributed by atoms with Crippen LogP contribution in [0.1, 0.15) is 90.4 Å².